The van der Waals surface area contributed by atoms with Gasteiger partial charge in [0.2, 0.25) is 5.91 Å². The second-order valence-corrected chi connectivity index (χ2v) is 6.50. The van der Waals surface area contributed by atoms with E-state index in [4.69, 9.17) is 5.73 Å². The Bertz CT molecular complexity index is 252. The molecule has 0 aliphatic heterocycles. The third-order valence-electron chi connectivity index (χ3n) is 4.09. The quantitative estimate of drug-likeness (QED) is 0.767. The molecular weight excluding hydrogens is 232 g/mol. The van der Waals surface area contributed by atoms with E-state index in [1.807, 2.05) is 18.7 Å². The molecule has 3 nitrogen and oxygen atoms in total. The Morgan fingerprint density at radius 1 is 1.47 bits per heavy atom. The van der Waals surface area contributed by atoms with Gasteiger partial charge in [0.15, 0.2) is 0 Å². The summed E-state index contributed by atoms with van der Waals surface area (Å²) in [7, 11) is 0. The summed E-state index contributed by atoms with van der Waals surface area (Å²) < 4.78 is 0.269. The van der Waals surface area contributed by atoms with Crippen molar-refractivity contribution in [1.29, 1.82) is 0 Å². The first kappa shape index (κ1) is 14.8. The fraction of sp³-hybridized carbons (Fsp3) is 0.923. The summed E-state index contributed by atoms with van der Waals surface area (Å²) in [5.74, 6) is 0.267. The molecule has 2 atom stereocenters. The zero-order valence-electron chi connectivity index (χ0n) is 11.3. The van der Waals surface area contributed by atoms with E-state index >= 15 is 0 Å². The van der Waals surface area contributed by atoms with Crippen LogP contribution in [0.4, 0.5) is 0 Å². The Hall–Kier alpha value is -0.220. The monoisotopic (exact) mass is 258 g/mol. The molecule has 17 heavy (non-hydrogen) atoms. The number of nitrogens with two attached hydrogens (primary N) is 1. The van der Waals surface area contributed by atoms with Crippen LogP contribution in [0.1, 0.15) is 46.0 Å². The van der Waals surface area contributed by atoms with E-state index in [0.29, 0.717) is 0 Å². The van der Waals surface area contributed by atoms with Crippen molar-refractivity contribution in [2.45, 2.75) is 56.7 Å². The zero-order chi connectivity index (χ0) is 12.9. The SMILES string of the molecule is CCC(C)[C@H](N)C(=O)NCC1(SC)CCCC1. The smallest absolute Gasteiger partial charge is 0.237 e. The van der Waals surface area contributed by atoms with Crippen LogP contribution in [0.15, 0.2) is 0 Å². The zero-order valence-corrected chi connectivity index (χ0v) is 12.1. The number of hydrogen-bond donors (Lipinski definition) is 2. The summed E-state index contributed by atoms with van der Waals surface area (Å²) in [4.78, 5) is 11.9. The van der Waals surface area contributed by atoms with Gasteiger partial charge in [0.1, 0.15) is 0 Å². The van der Waals surface area contributed by atoms with Gasteiger partial charge in [-0.1, -0.05) is 33.1 Å². The van der Waals surface area contributed by atoms with Crippen molar-refractivity contribution < 1.29 is 4.79 Å². The maximum absolute atomic E-state index is 11.9. The second kappa shape index (κ2) is 6.64. The lowest BCUT2D eigenvalue weighted by atomic mass is 9.99. The van der Waals surface area contributed by atoms with E-state index in [2.05, 4.69) is 18.5 Å². The first-order valence-corrected chi connectivity index (χ1v) is 7.85. The van der Waals surface area contributed by atoms with Crippen molar-refractivity contribution in [2.75, 3.05) is 12.8 Å². The fourth-order valence-electron chi connectivity index (χ4n) is 2.35. The van der Waals surface area contributed by atoms with Crippen molar-refractivity contribution >= 4 is 17.7 Å². The molecule has 0 saturated heterocycles. The van der Waals surface area contributed by atoms with Crippen molar-refractivity contribution in [1.82, 2.24) is 5.32 Å². The van der Waals surface area contributed by atoms with E-state index in [1.54, 1.807) is 0 Å². The topological polar surface area (TPSA) is 55.1 Å². The standard InChI is InChI=1S/C13H26N2OS/c1-4-10(2)11(14)12(16)15-9-13(17-3)7-5-6-8-13/h10-11H,4-9,14H2,1-3H3,(H,15,16)/t10?,11-/m0/s1. The minimum atomic E-state index is -0.361. The molecule has 1 saturated carbocycles. The molecule has 0 bridgehead atoms. The number of thioether (sulfide) groups is 1. The number of carbonyl (C=O) groups excluding carboxylic acids is 1. The van der Waals surface area contributed by atoms with Crippen LogP contribution < -0.4 is 11.1 Å². The van der Waals surface area contributed by atoms with Gasteiger partial charge in [-0.15, -0.1) is 0 Å². The minimum absolute atomic E-state index is 0.0136. The highest BCUT2D eigenvalue weighted by molar-refractivity contribution is 8.00. The van der Waals surface area contributed by atoms with Gasteiger partial charge >= 0.3 is 0 Å². The lowest BCUT2D eigenvalue weighted by Gasteiger charge is -2.28. The van der Waals surface area contributed by atoms with Crippen LogP contribution in [-0.2, 0) is 4.79 Å². The highest BCUT2D eigenvalue weighted by Gasteiger charge is 2.33. The molecule has 0 aromatic carbocycles. The van der Waals surface area contributed by atoms with E-state index in [0.717, 1.165) is 13.0 Å². The van der Waals surface area contributed by atoms with E-state index in [9.17, 15) is 4.79 Å². The normalized spacial score (nSPS) is 22.1. The molecule has 4 heteroatoms. The molecule has 0 spiro atoms. The van der Waals surface area contributed by atoms with Crippen LogP contribution in [-0.4, -0.2) is 29.5 Å². The van der Waals surface area contributed by atoms with Crippen molar-refractivity contribution in [3.8, 4) is 0 Å². The van der Waals surface area contributed by atoms with Gasteiger partial charge in [-0.25, -0.2) is 0 Å². The number of amides is 1. The van der Waals surface area contributed by atoms with Gasteiger partial charge < -0.3 is 11.1 Å². The van der Waals surface area contributed by atoms with Crippen LogP contribution in [0.3, 0.4) is 0 Å². The molecule has 0 aromatic heterocycles. The van der Waals surface area contributed by atoms with Gasteiger partial charge in [-0.05, 0) is 25.0 Å². The molecule has 1 unspecified atom stereocenters. The number of rotatable bonds is 6. The van der Waals surface area contributed by atoms with Gasteiger partial charge in [0.05, 0.1) is 6.04 Å². The average molecular weight is 258 g/mol. The molecule has 1 aliphatic rings. The van der Waals surface area contributed by atoms with Gasteiger partial charge in [0, 0.05) is 11.3 Å². The summed E-state index contributed by atoms with van der Waals surface area (Å²) in [5.41, 5.74) is 5.92. The molecule has 1 fully saturated rings. The predicted molar refractivity (Wildman–Crippen MR) is 75.2 cm³/mol. The summed E-state index contributed by atoms with van der Waals surface area (Å²) in [6.45, 7) is 4.87. The Morgan fingerprint density at radius 3 is 2.53 bits per heavy atom. The molecule has 1 amide bonds. The largest absolute Gasteiger partial charge is 0.353 e. The molecule has 0 radical (unpaired) electrons. The van der Waals surface area contributed by atoms with Crippen molar-refractivity contribution in [3.63, 3.8) is 0 Å². The number of nitrogens with one attached hydrogen (secondary N) is 1. The highest BCUT2D eigenvalue weighted by Crippen LogP contribution is 2.39. The van der Waals surface area contributed by atoms with Gasteiger partial charge in [-0.3, -0.25) is 4.79 Å². The molecule has 0 heterocycles. The summed E-state index contributed by atoms with van der Waals surface area (Å²) in [6, 6.07) is -0.361. The van der Waals surface area contributed by atoms with Crippen molar-refractivity contribution in [2.24, 2.45) is 11.7 Å². The van der Waals surface area contributed by atoms with E-state index < -0.39 is 0 Å². The Balaban J connectivity index is 2.41. The minimum Gasteiger partial charge on any atom is -0.353 e. The first-order valence-electron chi connectivity index (χ1n) is 6.63. The number of carbonyl (C=O) groups is 1. The molecule has 0 aromatic rings. The Morgan fingerprint density at radius 2 is 2.06 bits per heavy atom. The summed E-state index contributed by atoms with van der Waals surface area (Å²) in [5, 5.41) is 3.05. The second-order valence-electron chi connectivity index (χ2n) is 5.22. The van der Waals surface area contributed by atoms with Crippen LogP contribution in [0, 0.1) is 5.92 Å². The Labute approximate surface area is 109 Å². The van der Waals surface area contributed by atoms with Crippen LogP contribution in [0.2, 0.25) is 0 Å². The average Bonchev–Trinajstić information content (AvgIpc) is 2.83. The van der Waals surface area contributed by atoms with Crippen LogP contribution in [0.25, 0.3) is 0 Å². The summed E-state index contributed by atoms with van der Waals surface area (Å²) >= 11 is 1.89. The fourth-order valence-corrected chi connectivity index (χ4v) is 3.26. The molecular formula is C13H26N2OS. The highest BCUT2D eigenvalue weighted by atomic mass is 32.2. The van der Waals surface area contributed by atoms with Gasteiger partial charge in [0.25, 0.3) is 0 Å². The van der Waals surface area contributed by atoms with E-state index in [1.165, 1.54) is 25.7 Å². The van der Waals surface area contributed by atoms with Gasteiger partial charge in [-0.2, -0.15) is 11.8 Å². The number of hydrogen-bond acceptors (Lipinski definition) is 3. The molecule has 1 aliphatic carbocycles. The van der Waals surface area contributed by atoms with Crippen molar-refractivity contribution in [3.05, 3.63) is 0 Å². The lowest BCUT2D eigenvalue weighted by Crippen LogP contribution is -2.48. The first-order chi connectivity index (χ1) is 8.04. The lowest BCUT2D eigenvalue weighted by molar-refractivity contribution is -0.123. The third kappa shape index (κ3) is 3.88. The summed E-state index contributed by atoms with van der Waals surface area (Å²) in [6.07, 6.45) is 8.09. The predicted octanol–water partition coefficient (Wildman–Crippen LogP) is 2.15. The maximum atomic E-state index is 11.9. The third-order valence-corrected chi connectivity index (χ3v) is 5.51. The molecule has 100 valence electrons. The Kier molecular flexibility index (Phi) is 5.80. The van der Waals surface area contributed by atoms with E-state index in [-0.39, 0.29) is 22.6 Å². The maximum Gasteiger partial charge on any atom is 0.237 e. The molecule has 3 N–H and O–H groups in total. The molecule has 1 rings (SSSR count). The van der Waals surface area contributed by atoms with Crippen LogP contribution >= 0.6 is 11.8 Å². The van der Waals surface area contributed by atoms with Crippen LogP contribution in [0.5, 0.6) is 0 Å².